The molecule has 1 aromatic heterocycles. The number of halogens is 1. The SMILES string of the molecule is Cc1ccnc(Cl)c1NC1CCc2cc(O)ccc21. The Kier molecular flexibility index (Phi) is 3.07. The van der Waals surface area contributed by atoms with Gasteiger partial charge < -0.3 is 10.4 Å². The fraction of sp³-hybridized carbons (Fsp3) is 0.267. The first kappa shape index (κ1) is 12.3. The second-order valence-corrected chi connectivity index (χ2v) is 5.27. The first-order chi connectivity index (χ1) is 9.15. The first-order valence-electron chi connectivity index (χ1n) is 6.34. The number of hydrogen-bond acceptors (Lipinski definition) is 3. The van der Waals surface area contributed by atoms with Crippen molar-refractivity contribution in [1.82, 2.24) is 4.98 Å². The van der Waals surface area contributed by atoms with E-state index in [9.17, 15) is 5.11 Å². The van der Waals surface area contributed by atoms with Crippen molar-refractivity contribution in [1.29, 1.82) is 0 Å². The summed E-state index contributed by atoms with van der Waals surface area (Å²) in [5.74, 6) is 0.329. The molecule has 3 rings (SSSR count). The van der Waals surface area contributed by atoms with Gasteiger partial charge >= 0.3 is 0 Å². The summed E-state index contributed by atoms with van der Waals surface area (Å²) in [6, 6.07) is 7.73. The average molecular weight is 275 g/mol. The molecule has 0 bridgehead atoms. The van der Waals surface area contributed by atoms with Crippen LogP contribution in [0.2, 0.25) is 5.15 Å². The van der Waals surface area contributed by atoms with Gasteiger partial charge in [0.05, 0.1) is 11.7 Å². The number of aromatic hydroxyl groups is 1. The van der Waals surface area contributed by atoms with E-state index in [1.54, 1.807) is 12.3 Å². The van der Waals surface area contributed by atoms with Gasteiger partial charge in [-0.05, 0) is 54.7 Å². The summed E-state index contributed by atoms with van der Waals surface area (Å²) in [7, 11) is 0. The summed E-state index contributed by atoms with van der Waals surface area (Å²) < 4.78 is 0. The van der Waals surface area contributed by atoms with E-state index in [4.69, 9.17) is 11.6 Å². The van der Waals surface area contributed by atoms with Crippen LogP contribution in [0.1, 0.15) is 29.2 Å². The molecule has 0 radical (unpaired) electrons. The van der Waals surface area contributed by atoms with Gasteiger partial charge in [-0.3, -0.25) is 0 Å². The minimum Gasteiger partial charge on any atom is -0.508 e. The van der Waals surface area contributed by atoms with Crippen LogP contribution in [0.15, 0.2) is 30.5 Å². The van der Waals surface area contributed by atoms with Crippen molar-refractivity contribution in [3.63, 3.8) is 0 Å². The van der Waals surface area contributed by atoms with E-state index in [0.29, 0.717) is 10.9 Å². The van der Waals surface area contributed by atoms with Crippen LogP contribution in [-0.2, 0) is 6.42 Å². The number of aryl methyl sites for hydroxylation is 2. The number of nitrogens with zero attached hydrogens (tertiary/aromatic N) is 1. The molecule has 0 amide bonds. The van der Waals surface area contributed by atoms with Crippen molar-refractivity contribution < 1.29 is 5.11 Å². The Bertz CT molecular complexity index is 607. The topological polar surface area (TPSA) is 45.2 Å². The van der Waals surface area contributed by atoms with Crippen LogP contribution in [0.3, 0.4) is 0 Å². The normalized spacial score (nSPS) is 17.3. The Morgan fingerprint density at radius 3 is 3.00 bits per heavy atom. The van der Waals surface area contributed by atoms with Crippen molar-refractivity contribution in [2.45, 2.75) is 25.8 Å². The highest BCUT2D eigenvalue weighted by Gasteiger charge is 2.23. The maximum absolute atomic E-state index is 9.51. The minimum atomic E-state index is 0.232. The Labute approximate surface area is 117 Å². The molecule has 0 fully saturated rings. The first-order valence-corrected chi connectivity index (χ1v) is 6.72. The molecule has 98 valence electrons. The predicted octanol–water partition coefficient (Wildman–Crippen LogP) is 3.85. The standard InChI is InChI=1S/C15H15ClN2O/c1-9-6-7-17-15(16)14(9)18-13-5-2-10-8-11(19)3-4-12(10)13/h3-4,6-8,13,18-19H,2,5H2,1H3. The lowest BCUT2D eigenvalue weighted by molar-refractivity contribution is 0.474. The maximum Gasteiger partial charge on any atom is 0.152 e. The van der Waals surface area contributed by atoms with E-state index < -0.39 is 0 Å². The van der Waals surface area contributed by atoms with Gasteiger partial charge in [-0.25, -0.2) is 4.98 Å². The van der Waals surface area contributed by atoms with Crippen molar-refractivity contribution in [3.05, 3.63) is 52.3 Å². The maximum atomic E-state index is 9.51. The number of phenols is 1. The number of pyridine rings is 1. The van der Waals surface area contributed by atoms with E-state index >= 15 is 0 Å². The number of nitrogens with one attached hydrogen (secondary N) is 1. The number of anilines is 1. The molecule has 1 aliphatic rings. The molecule has 0 saturated carbocycles. The molecule has 1 atom stereocenters. The Balaban J connectivity index is 1.91. The highest BCUT2D eigenvalue weighted by Crippen LogP contribution is 2.37. The Hall–Kier alpha value is -1.74. The van der Waals surface area contributed by atoms with Gasteiger partial charge in [0, 0.05) is 6.20 Å². The summed E-state index contributed by atoms with van der Waals surface area (Å²) in [5, 5.41) is 13.5. The van der Waals surface area contributed by atoms with Crippen molar-refractivity contribution in [2.75, 3.05) is 5.32 Å². The van der Waals surface area contributed by atoms with E-state index in [1.807, 2.05) is 25.1 Å². The summed E-state index contributed by atoms with van der Waals surface area (Å²) in [6.45, 7) is 2.02. The highest BCUT2D eigenvalue weighted by molar-refractivity contribution is 6.32. The molecule has 1 unspecified atom stereocenters. The van der Waals surface area contributed by atoms with Crippen molar-refractivity contribution in [3.8, 4) is 5.75 Å². The van der Waals surface area contributed by atoms with Crippen LogP contribution in [0, 0.1) is 6.92 Å². The molecule has 4 heteroatoms. The summed E-state index contributed by atoms with van der Waals surface area (Å²) in [5.41, 5.74) is 4.43. The number of benzene rings is 1. The van der Waals surface area contributed by atoms with Crippen molar-refractivity contribution in [2.24, 2.45) is 0 Å². The number of rotatable bonds is 2. The van der Waals surface area contributed by atoms with Gasteiger partial charge in [0.15, 0.2) is 5.15 Å². The molecule has 0 spiro atoms. The molecule has 2 aromatic rings. The smallest absolute Gasteiger partial charge is 0.152 e. The van der Waals surface area contributed by atoms with Crippen LogP contribution >= 0.6 is 11.6 Å². The lowest BCUT2D eigenvalue weighted by Gasteiger charge is -2.18. The zero-order valence-electron chi connectivity index (χ0n) is 10.7. The van der Waals surface area contributed by atoms with E-state index in [0.717, 1.165) is 24.1 Å². The summed E-state index contributed by atoms with van der Waals surface area (Å²) >= 11 is 6.15. The average Bonchev–Trinajstić information content (AvgIpc) is 2.76. The fourth-order valence-corrected chi connectivity index (χ4v) is 2.89. The zero-order valence-corrected chi connectivity index (χ0v) is 11.4. The quantitative estimate of drug-likeness (QED) is 0.818. The molecule has 19 heavy (non-hydrogen) atoms. The molecule has 0 aliphatic heterocycles. The number of fused-ring (bicyclic) bond motifs is 1. The molecular formula is C15H15ClN2O. The van der Waals surface area contributed by atoms with Crippen LogP contribution in [-0.4, -0.2) is 10.1 Å². The van der Waals surface area contributed by atoms with Crippen LogP contribution in [0.25, 0.3) is 0 Å². The molecule has 3 nitrogen and oxygen atoms in total. The predicted molar refractivity (Wildman–Crippen MR) is 76.8 cm³/mol. The number of hydrogen-bond donors (Lipinski definition) is 2. The molecule has 1 heterocycles. The van der Waals surface area contributed by atoms with Gasteiger partial charge in [-0.15, -0.1) is 0 Å². The van der Waals surface area contributed by atoms with Gasteiger partial charge in [-0.1, -0.05) is 17.7 Å². The van der Waals surface area contributed by atoms with Gasteiger partial charge in [-0.2, -0.15) is 0 Å². The summed E-state index contributed by atoms with van der Waals surface area (Å²) in [6.07, 6.45) is 3.69. The third-order valence-electron chi connectivity index (χ3n) is 3.64. The third-order valence-corrected chi connectivity index (χ3v) is 3.92. The summed E-state index contributed by atoms with van der Waals surface area (Å²) in [4.78, 5) is 4.12. The second-order valence-electron chi connectivity index (χ2n) is 4.91. The van der Waals surface area contributed by atoms with Crippen LogP contribution in [0.4, 0.5) is 5.69 Å². The number of aromatic nitrogens is 1. The zero-order chi connectivity index (χ0) is 13.4. The Morgan fingerprint density at radius 2 is 2.21 bits per heavy atom. The van der Waals surface area contributed by atoms with Crippen LogP contribution in [0.5, 0.6) is 5.75 Å². The van der Waals surface area contributed by atoms with E-state index in [-0.39, 0.29) is 6.04 Å². The molecular weight excluding hydrogens is 260 g/mol. The van der Waals surface area contributed by atoms with Crippen LogP contribution < -0.4 is 5.32 Å². The monoisotopic (exact) mass is 274 g/mol. The van der Waals surface area contributed by atoms with E-state index in [2.05, 4.69) is 10.3 Å². The highest BCUT2D eigenvalue weighted by atomic mass is 35.5. The second kappa shape index (κ2) is 4.74. The van der Waals surface area contributed by atoms with Gasteiger partial charge in [0.25, 0.3) is 0 Å². The van der Waals surface area contributed by atoms with Gasteiger partial charge in [0.2, 0.25) is 0 Å². The molecule has 1 aromatic carbocycles. The molecule has 2 N–H and O–H groups in total. The molecule has 0 saturated heterocycles. The number of phenolic OH excluding ortho intramolecular Hbond substituents is 1. The van der Waals surface area contributed by atoms with Gasteiger partial charge in [0.1, 0.15) is 5.75 Å². The fourth-order valence-electron chi connectivity index (χ4n) is 2.63. The van der Waals surface area contributed by atoms with Crippen molar-refractivity contribution >= 4 is 17.3 Å². The minimum absolute atomic E-state index is 0.232. The Morgan fingerprint density at radius 1 is 1.37 bits per heavy atom. The lowest BCUT2D eigenvalue weighted by atomic mass is 10.1. The molecule has 1 aliphatic carbocycles. The third kappa shape index (κ3) is 2.26. The largest absolute Gasteiger partial charge is 0.508 e. The lowest BCUT2D eigenvalue weighted by Crippen LogP contribution is -2.09. The van der Waals surface area contributed by atoms with E-state index in [1.165, 1.54) is 11.1 Å².